The molecule has 0 aromatic heterocycles. The highest BCUT2D eigenvalue weighted by Gasteiger charge is 2.22. The molecule has 3 nitrogen and oxygen atoms in total. The molecular weight excluding hydrogens is 248 g/mol. The van der Waals surface area contributed by atoms with Gasteiger partial charge in [0.1, 0.15) is 0 Å². The van der Waals surface area contributed by atoms with Gasteiger partial charge < -0.3 is 10.2 Å². The first-order chi connectivity index (χ1) is 9.79. The molecule has 1 amide bonds. The number of anilines is 1. The maximum absolute atomic E-state index is 12.0. The van der Waals surface area contributed by atoms with Crippen LogP contribution in [0.25, 0.3) is 0 Å². The van der Waals surface area contributed by atoms with Gasteiger partial charge in [0, 0.05) is 18.8 Å². The minimum Gasteiger partial charge on any atom is -0.362 e. The lowest BCUT2D eigenvalue weighted by molar-refractivity contribution is -0.119. The van der Waals surface area contributed by atoms with Gasteiger partial charge in [-0.2, -0.15) is 0 Å². The van der Waals surface area contributed by atoms with Gasteiger partial charge in [-0.05, 0) is 37.3 Å². The van der Waals surface area contributed by atoms with E-state index in [4.69, 9.17) is 0 Å². The van der Waals surface area contributed by atoms with Crippen molar-refractivity contribution in [2.45, 2.75) is 39.0 Å². The fraction of sp³-hybridized carbons (Fsp3) is 0.588. The summed E-state index contributed by atoms with van der Waals surface area (Å²) in [5.41, 5.74) is 1.16. The van der Waals surface area contributed by atoms with Crippen molar-refractivity contribution >= 4 is 11.6 Å². The second kappa shape index (κ2) is 7.93. The third-order valence-electron chi connectivity index (χ3n) is 4.01. The van der Waals surface area contributed by atoms with Crippen molar-refractivity contribution in [3.63, 3.8) is 0 Å². The van der Waals surface area contributed by atoms with E-state index in [0.29, 0.717) is 6.54 Å². The third-order valence-corrected chi connectivity index (χ3v) is 4.01. The van der Waals surface area contributed by atoms with Crippen molar-refractivity contribution in [1.29, 1.82) is 0 Å². The Kier molecular flexibility index (Phi) is 5.90. The highest BCUT2D eigenvalue weighted by atomic mass is 16.2. The van der Waals surface area contributed by atoms with E-state index >= 15 is 0 Å². The van der Waals surface area contributed by atoms with Crippen molar-refractivity contribution in [2.75, 3.05) is 24.5 Å². The van der Waals surface area contributed by atoms with Crippen LogP contribution in [0.3, 0.4) is 0 Å². The summed E-state index contributed by atoms with van der Waals surface area (Å²) in [7, 11) is 0. The van der Waals surface area contributed by atoms with Crippen molar-refractivity contribution in [3.05, 3.63) is 30.3 Å². The fourth-order valence-corrected chi connectivity index (χ4v) is 2.52. The molecule has 3 heteroatoms. The minimum absolute atomic E-state index is 0.140. The van der Waals surface area contributed by atoms with Crippen LogP contribution in [0, 0.1) is 5.92 Å². The van der Waals surface area contributed by atoms with Gasteiger partial charge in [0.25, 0.3) is 0 Å². The van der Waals surface area contributed by atoms with E-state index in [-0.39, 0.29) is 5.91 Å². The van der Waals surface area contributed by atoms with Crippen LogP contribution in [-0.2, 0) is 4.79 Å². The molecular formula is C17H26N2O. The molecule has 1 fully saturated rings. The van der Waals surface area contributed by atoms with Gasteiger partial charge in [0.2, 0.25) is 5.91 Å². The molecule has 0 atom stereocenters. The summed E-state index contributed by atoms with van der Waals surface area (Å²) in [6, 6.07) is 10.3. The van der Waals surface area contributed by atoms with E-state index in [2.05, 4.69) is 29.3 Å². The molecule has 0 aliphatic heterocycles. The molecule has 1 aliphatic carbocycles. The summed E-state index contributed by atoms with van der Waals surface area (Å²) in [5, 5.41) is 3.01. The first-order valence-corrected chi connectivity index (χ1v) is 7.86. The number of unbranched alkanes of at least 4 members (excludes halogenated alkanes) is 1. The van der Waals surface area contributed by atoms with Crippen LogP contribution in [0.2, 0.25) is 0 Å². The molecule has 0 heterocycles. The summed E-state index contributed by atoms with van der Waals surface area (Å²) in [6.07, 6.45) is 6.13. The number of nitrogens with one attached hydrogen (secondary N) is 1. The number of hydrogen-bond acceptors (Lipinski definition) is 2. The molecule has 20 heavy (non-hydrogen) atoms. The molecule has 1 aromatic rings. The van der Waals surface area contributed by atoms with Crippen LogP contribution in [-0.4, -0.2) is 25.5 Å². The van der Waals surface area contributed by atoms with E-state index in [1.165, 1.54) is 19.3 Å². The Labute approximate surface area is 122 Å². The van der Waals surface area contributed by atoms with Gasteiger partial charge in [0.05, 0.1) is 6.54 Å². The number of nitrogens with zero attached hydrogens (tertiary/aromatic N) is 1. The number of amides is 1. The molecule has 1 aliphatic rings. The number of carbonyl (C=O) groups is 1. The lowest BCUT2D eigenvalue weighted by atomic mass is 9.85. The molecule has 1 N–H and O–H groups in total. The van der Waals surface area contributed by atoms with Crippen molar-refractivity contribution in [2.24, 2.45) is 5.92 Å². The van der Waals surface area contributed by atoms with Gasteiger partial charge in [-0.25, -0.2) is 0 Å². The zero-order valence-corrected chi connectivity index (χ0v) is 12.5. The second-order valence-electron chi connectivity index (χ2n) is 5.72. The molecule has 1 saturated carbocycles. The van der Waals surface area contributed by atoms with E-state index in [9.17, 15) is 4.79 Å². The van der Waals surface area contributed by atoms with Crippen molar-refractivity contribution in [1.82, 2.24) is 5.32 Å². The quantitative estimate of drug-likeness (QED) is 0.738. The summed E-state index contributed by atoms with van der Waals surface area (Å²) >= 11 is 0. The SMILES string of the molecule is CCCCNC(=O)CN(CC1CCC1)c1ccccc1. The second-order valence-corrected chi connectivity index (χ2v) is 5.72. The Morgan fingerprint density at radius 1 is 1.30 bits per heavy atom. The maximum Gasteiger partial charge on any atom is 0.239 e. The molecule has 0 spiro atoms. The summed E-state index contributed by atoms with van der Waals surface area (Å²) < 4.78 is 0. The maximum atomic E-state index is 12.0. The number of hydrogen-bond donors (Lipinski definition) is 1. The summed E-state index contributed by atoms with van der Waals surface area (Å²) in [4.78, 5) is 14.3. The van der Waals surface area contributed by atoms with Crippen LogP contribution < -0.4 is 10.2 Å². The first kappa shape index (κ1) is 14.9. The number of carbonyl (C=O) groups excluding carboxylic acids is 1. The Bertz CT molecular complexity index is 401. The van der Waals surface area contributed by atoms with E-state index < -0.39 is 0 Å². The Morgan fingerprint density at radius 2 is 2.05 bits per heavy atom. The number of benzene rings is 1. The van der Waals surface area contributed by atoms with Crippen LogP contribution in [0.1, 0.15) is 39.0 Å². The largest absolute Gasteiger partial charge is 0.362 e. The van der Waals surface area contributed by atoms with E-state index in [1.807, 2.05) is 18.2 Å². The van der Waals surface area contributed by atoms with Gasteiger partial charge in [-0.15, -0.1) is 0 Å². The van der Waals surface area contributed by atoms with Crippen molar-refractivity contribution < 1.29 is 4.79 Å². The molecule has 110 valence electrons. The summed E-state index contributed by atoms with van der Waals surface area (Å²) in [5.74, 6) is 0.903. The normalized spacial score (nSPS) is 14.7. The van der Waals surface area contributed by atoms with Gasteiger partial charge in [-0.1, -0.05) is 38.0 Å². The lowest BCUT2D eigenvalue weighted by Crippen LogP contribution is -2.41. The minimum atomic E-state index is 0.140. The highest BCUT2D eigenvalue weighted by molar-refractivity contribution is 5.81. The van der Waals surface area contributed by atoms with Gasteiger partial charge >= 0.3 is 0 Å². The van der Waals surface area contributed by atoms with E-state index in [1.54, 1.807) is 0 Å². The molecule has 0 unspecified atom stereocenters. The number of rotatable bonds is 8. The average molecular weight is 274 g/mol. The molecule has 0 bridgehead atoms. The predicted molar refractivity (Wildman–Crippen MR) is 83.9 cm³/mol. The summed E-state index contributed by atoms with van der Waals surface area (Å²) in [6.45, 7) is 4.41. The monoisotopic (exact) mass is 274 g/mol. The van der Waals surface area contributed by atoms with Crippen LogP contribution >= 0.6 is 0 Å². The van der Waals surface area contributed by atoms with Gasteiger partial charge in [-0.3, -0.25) is 4.79 Å². The fourth-order valence-electron chi connectivity index (χ4n) is 2.52. The van der Waals surface area contributed by atoms with Crippen LogP contribution in [0.15, 0.2) is 30.3 Å². The zero-order chi connectivity index (χ0) is 14.2. The van der Waals surface area contributed by atoms with Crippen LogP contribution in [0.4, 0.5) is 5.69 Å². The zero-order valence-electron chi connectivity index (χ0n) is 12.5. The third kappa shape index (κ3) is 4.55. The molecule has 2 rings (SSSR count). The standard InChI is InChI=1S/C17H26N2O/c1-2-3-12-18-17(20)14-19(13-15-8-7-9-15)16-10-5-4-6-11-16/h4-6,10-11,15H,2-3,7-9,12-14H2,1H3,(H,18,20). The van der Waals surface area contributed by atoms with E-state index in [0.717, 1.165) is 37.5 Å². The predicted octanol–water partition coefficient (Wildman–Crippen LogP) is 3.21. The molecule has 0 radical (unpaired) electrons. The lowest BCUT2D eigenvalue weighted by Gasteiger charge is -2.33. The first-order valence-electron chi connectivity index (χ1n) is 7.86. The van der Waals surface area contributed by atoms with Crippen LogP contribution in [0.5, 0.6) is 0 Å². The Morgan fingerprint density at radius 3 is 2.65 bits per heavy atom. The average Bonchev–Trinajstić information content (AvgIpc) is 2.42. The van der Waals surface area contributed by atoms with Crippen molar-refractivity contribution in [3.8, 4) is 0 Å². The highest BCUT2D eigenvalue weighted by Crippen LogP contribution is 2.28. The Hall–Kier alpha value is -1.51. The van der Waals surface area contributed by atoms with Gasteiger partial charge in [0.15, 0.2) is 0 Å². The Balaban J connectivity index is 1.90. The molecule has 0 saturated heterocycles. The topological polar surface area (TPSA) is 32.3 Å². The molecule has 1 aromatic carbocycles. The number of para-hydroxylation sites is 1. The smallest absolute Gasteiger partial charge is 0.239 e.